The van der Waals surface area contributed by atoms with Gasteiger partial charge in [-0.15, -0.1) is 0 Å². The number of aromatic nitrogens is 3. The molecule has 112 valence electrons. The van der Waals surface area contributed by atoms with Crippen LogP contribution >= 0.6 is 0 Å². The fraction of sp³-hybridized carbons (Fsp3) is 0.562. The van der Waals surface area contributed by atoms with Gasteiger partial charge in [0.05, 0.1) is 13.0 Å². The molecule has 0 aromatic carbocycles. The first-order chi connectivity index (χ1) is 10.2. The molecular formula is C16H21N3O2. The molecule has 0 amide bonds. The molecule has 2 aromatic heterocycles. The van der Waals surface area contributed by atoms with Crippen LogP contribution in [0.1, 0.15) is 36.8 Å². The number of fused-ring (bicyclic) bond motifs is 1. The van der Waals surface area contributed by atoms with Crippen molar-refractivity contribution in [2.45, 2.75) is 39.0 Å². The molecule has 5 heteroatoms. The molecule has 1 fully saturated rings. The molecule has 21 heavy (non-hydrogen) atoms. The Balaban J connectivity index is 1.65. The lowest BCUT2D eigenvalue weighted by Gasteiger charge is -2.27. The van der Waals surface area contributed by atoms with E-state index in [0.29, 0.717) is 5.92 Å². The second-order valence-electron chi connectivity index (χ2n) is 6.00. The maximum atomic E-state index is 11.6. The van der Waals surface area contributed by atoms with Gasteiger partial charge in [-0.2, -0.15) is 5.10 Å². The van der Waals surface area contributed by atoms with E-state index in [0.717, 1.165) is 43.3 Å². The van der Waals surface area contributed by atoms with Gasteiger partial charge in [-0.25, -0.2) is 9.50 Å². The molecule has 5 nitrogen and oxygen atoms in total. The maximum Gasteiger partial charge on any atom is 0.308 e. The van der Waals surface area contributed by atoms with Crippen LogP contribution in [0.2, 0.25) is 0 Å². The Morgan fingerprint density at radius 2 is 2.14 bits per heavy atom. The van der Waals surface area contributed by atoms with Crippen LogP contribution in [0, 0.1) is 18.8 Å². The second kappa shape index (κ2) is 5.84. The molecule has 0 aliphatic heterocycles. The fourth-order valence-electron chi connectivity index (χ4n) is 3.38. The number of carbonyl (C=O) groups is 1. The molecule has 0 atom stereocenters. The summed E-state index contributed by atoms with van der Waals surface area (Å²) in [6.07, 6.45) is 8.78. The zero-order valence-corrected chi connectivity index (χ0v) is 12.6. The predicted molar refractivity (Wildman–Crippen MR) is 78.9 cm³/mol. The lowest BCUT2D eigenvalue weighted by atomic mass is 9.79. The number of ether oxygens (including phenoxy) is 1. The lowest BCUT2D eigenvalue weighted by Crippen LogP contribution is -2.23. The van der Waals surface area contributed by atoms with Gasteiger partial charge in [-0.3, -0.25) is 4.79 Å². The number of rotatable bonds is 3. The summed E-state index contributed by atoms with van der Waals surface area (Å²) in [6, 6.07) is 2.20. The average Bonchev–Trinajstić information content (AvgIpc) is 2.96. The Bertz CT molecular complexity index is 642. The molecule has 1 saturated carbocycles. The quantitative estimate of drug-likeness (QED) is 0.814. The minimum absolute atomic E-state index is 0.0478. The number of methoxy groups -OCH3 is 1. The van der Waals surface area contributed by atoms with Gasteiger partial charge in [0.1, 0.15) is 6.33 Å². The summed E-state index contributed by atoms with van der Waals surface area (Å²) < 4.78 is 6.69. The minimum Gasteiger partial charge on any atom is -0.469 e. The highest BCUT2D eigenvalue weighted by molar-refractivity contribution is 5.72. The van der Waals surface area contributed by atoms with Gasteiger partial charge in [-0.05, 0) is 56.1 Å². The van der Waals surface area contributed by atoms with Gasteiger partial charge >= 0.3 is 5.97 Å². The number of aryl methyl sites for hydroxylation is 1. The Hall–Kier alpha value is -1.91. The molecule has 0 bridgehead atoms. The van der Waals surface area contributed by atoms with Crippen molar-refractivity contribution in [2.75, 3.05) is 7.11 Å². The van der Waals surface area contributed by atoms with E-state index in [9.17, 15) is 4.79 Å². The van der Waals surface area contributed by atoms with Crippen LogP contribution < -0.4 is 0 Å². The van der Waals surface area contributed by atoms with Crippen LogP contribution in [0.5, 0.6) is 0 Å². The largest absolute Gasteiger partial charge is 0.469 e. The summed E-state index contributed by atoms with van der Waals surface area (Å²) >= 11 is 0. The van der Waals surface area contributed by atoms with Crippen molar-refractivity contribution in [1.82, 2.24) is 14.6 Å². The third kappa shape index (κ3) is 2.91. The SMILES string of the molecule is COC(=O)[C@H]1CC[C@H](Cc2cc(C)c3ncnn3c2)CC1. The van der Waals surface area contributed by atoms with Crippen LogP contribution in [0.15, 0.2) is 18.6 Å². The Morgan fingerprint density at radius 1 is 1.38 bits per heavy atom. The van der Waals surface area contributed by atoms with E-state index in [-0.39, 0.29) is 11.9 Å². The smallest absolute Gasteiger partial charge is 0.308 e. The summed E-state index contributed by atoms with van der Waals surface area (Å²) in [6.45, 7) is 2.07. The van der Waals surface area contributed by atoms with E-state index < -0.39 is 0 Å². The lowest BCUT2D eigenvalue weighted by molar-refractivity contribution is -0.146. The molecule has 2 heterocycles. The molecule has 3 rings (SSSR count). The summed E-state index contributed by atoms with van der Waals surface area (Å²) in [4.78, 5) is 15.8. The van der Waals surface area contributed by atoms with Crippen molar-refractivity contribution in [2.24, 2.45) is 11.8 Å². The number of hydrogen-bond donors (Lipinski definition) is 0. The first kappa shape index (κ1) is 14.0. The van der Waals surface area contributed by atoms with Gasteiger partial charge < -0.3 is 4.74 Å². The Labute approximate surface area is 124 Å². The third-order valence-corrected chi connectivity index (χ3v) is 4.52. The minimum atomic E-state index is -0.0478. The topological polar surface area (TPSA) is 56.5 Å². The normalized spacial score (nSPS) is 22.4. The van der Waals surface area contributed by atoms with E-state index in [1.165, 1.54) is 12.7 Å². The van der Waals surface area contributed by atoms with E-state index in [4.69, 9.17) is 4.74 Å². The molecule has 0 unspecified atom stereocenters. The van der Waals surface area contributed by atoms with Crippen LogP contribution in [0.3, 0.4) is 0 Å². The summed E-state index contributed by atoms with van der Waals surface area (Å²) in [7, 11) is 1.48. The Morgan fingerprint density at radius 3 is 2.86 bits per heavy atom. The zero-order valence-electron chi connectivity index (χ0n) is 12.6. The highest BCUT2D eigenvalue weighted by Crippen LogP contribution is 2.31. The van der Waals surface area contributed by atoms with Crippen LogP contribution in [-0.2, 0) is 16.0 Å². The summed E-state index contributed by atoms with van der Waals surface area (Å²) in [5, 5.41) is 4.22. The molecule has 0 spiro atoms. The van der Waals surface area contributed by atoms with Gasteiger partial charge in [0.2, 0.25) is 0 Å². The maximum absolute atomic E-state index is 11.6. The van der Waals surface area contributed by atoms with Gasteiger partial charge in [-0.1, -0.05) is 6.07 Å². The zero-order chi connectivity index (χ0) is 14.8. The number of hydrogen-bond acceptors (Lipinski definition) is 4. The monoisotopic (exact) mass is 287 g/mol. The number of carbonyl (C=O) groups excluding carboxylic acids is 1. The van der Waals surface area contributed by atoms with Crippen LogP contribution in [-0.4, -0.2) is 27.7 Å². The highest BCUT2D eigenvalue weighted by atomic mass is 16.5. The van der Waals surface area contributed by atoms with Crippen molar-refractivity contribution in [1.29, 1.82) is 0 Å². The molecule has 0 radical (unpaired) electrons. The average molecular weight is 287 g/mol. The summed E-state index contributed by atoms with van der Waals surface area (Å²) in [5.74, 6) is 0.699. The molecular weight excluding hydrogens is 266 g/mol. The van der Waals surface area contributed by atoms with E-state index in [2.05, 4.69) is 29.3 Å². The van der Waals surface area contributed by atoms with Crippen molar-refractivity contribution in [3.05, 3.63) is 29.7 Å². The van der Waals surface area contributed by atoms with Crippen LogP contribution in [0.25, 0.3) is 5.65 Å². The van der Waals surface area contributed by atoms with Gasteiger partial charge in [0, 0.05) is 6.20 Å². The third-order valence-electron chi connectivity index (χ3n) is 4.52. The fourth-order valence-corrected chi connectivity index (χ4v) is 3.38. The second-order valence-corrected chi connectivity index (χ2v) is 6.00. The van der Waals surface area contributed by atoms with Crippen LogP contribution in [0.4, 0.5) is 0 Å². The highest BCUT2D eigenvalue weighted by Gasteiger charge is 2.27. The molecule has 1 aliphatic rings. The van der Waals surface area contributed by atoms with Crippen molar-refractivity contribution in [3.63, 3.8) is 0 Å². The molecule has 1 aliphatic carbocycles. The number of nitrogens with zero attached hydrogens (tertiary/aromatic N) is 3. The standard InChI is InChI=1S/C16H21N3O2/c1-11-7-13(9-19-15(11)17-10-18-19)8-12-3-5-14(6-4-12)16(20)21-2/h7,9-10,12,14H,3-6,8H2,1-2H3/t12-,14-. The van der Waals surface area contributed by atoms with Gasteiger partial charge in [0.15, 0.2) is 5.65 Å². The number of pyridine rings is 1. The van der Waals surface area contributed by atoms with E-state index in [1.807, 2.05) is 4.52 Å². The molecule has 2 aromatic rings. The first-order valence-electron chi connectivity index (χ1n) is 7.54. The molecule has 0 saturated heterocycles. The first-order valence-corrected chi connectivity index (χ1v) is 7.54. The predicted octanol–water partition coefficient (Wildman–Crippen LogP) is 2.56. The van der Waals surface area contributed by atoms with Gasteiger partial charge in [0.25, 0.3) is 0 Å². The Kier molecular flexibility index (Phi) is 3.90. The van der Waals surface area contributed by atoms with Crippen molar-refractivity contribution in [3.8, 4) is 0 Å². The van der Waals surface area contributed by atoms with E-state index in [1.54, 1.807) is 6.33 Å². The van der Waals surface area contributed by atoms with E-state index >= 15 is 0 Å². The van der Waals surface area contributed by atoms with Crippen molar-refractivity contribution < 1.29 is 9.53 Å². The summed E-state index contributed by atoms with van der Waals surface area (Å²) in [5.41, 5.74) is 3.38. The van der Waals surface area contributed by atoms with Crippen molar-refractivity contribution >= 4 is 11.6 Å². The number of esters is 1. The molecule has 0 N–H and O–H groups in total.